The number of hydrogen-bond donors (Lipinski definition) is 2. The first-order chi connectivity index (χ1) is 11.7. The minimum Gasteiger partial charge on any atom is -0.364 e. The van der Waals surface area contributed by atoms with Gasteiger partial charge in [0.2, 0.25) is 0 Å². The minimum atomic E-state index is 0. The third kappa shape index (κ3) is 5.12. The van der Waals surface area contributed by atoms with E-state index in [4.69, 9.17) is 0 Å². The van der Waals surface area contributed by atoms with Crippen molar-refractivity contribution in [1.82, 2.24) is 10.6 Å². The van der Waals surface area contributed by atoms with Gasteiger partial charge in [0.1, 0.15) is 0 Å². The van der Waals surface area contributed by atoms with Crippen LogP contribution in [0.15, 0.2) is 41.4 Å². The van der Waals surface area contributed by atoms with Crippen LogP contribution in [-0.2, 0) is 6.54 Å². The number of guanidine groups is 1. The Kier molecular flexibility index (Phi) is 7.59. The van der Waals surface area contributed by atoms with Crippen LogP contribution in [0.2, 0.25) is 0 Å². The van der Waals surface area contributed by atoms with E-state index >= 15 is 0 Å². The Labute approximate surface area is 169 Å². The van der Waals surface area contributed by atoms with Gasteiger partial charge >= 0.3 is 0 Å². The molecule has 1 fully saturated rings. The van der Waals surface area contributed by atoms with Gasteiger partial charge in [0.15, 0.2) is 5.96 Å². The summed E-state index contributed by atoms with van der Waals surface area (Å²) >= 11 is 0. The molecule has 5 heteroatoms. The van der Waals surface area contributed by atoms with Gasteiger partial charge in [-0.3, -0.25) is 4.99 Å². The molecule has 1 saturated carbocycles. The molecular weight excluding hydrogens is 423 g/mol. The molecule has 4 nitrogen and oxygen atoms in total. The Balaban J connectivity index is 0.00000225. The van der Waals surface area contributed by atoms with Gasteiger partial charge in [0.05, 0.1) is 0 Å². The van der Waals surface area contributed by atoms with Gasteiger partial charge in [0.25, 0.3) is 0 Å². The fourth-order valence-electron chi connectivity index (χ4n) is 3.56. The van der Waals surface area contributed by atoms with E-state index < -0.39 is 0 Å². The van der Waals surface area contributed by atoms with Gasteiger partial charge < -0.3 is 15.5 Å². The second-order valence-corrected chi connectivity index (χ2v) is 7.03. The molecule has 3 rings (SSSR count). The van der Waals surface area contributed by atoms with Crippen molar-refractivity contribution in [3.63, 3.8) is 0 Å². The number of nitrogens with zero attached hydrogens (tertiary/aromatic N) is 2. The van der Waals surface area contributed by atoms with Crippen LogP contribution in [0, 0.1) is 5.41 Å². The molecule has 0 bridgehead atoms. The van der Waals surface area contributed by atoms with Gasteiger partial charge in [-0.15, -0.1) is 24.0 Å². The predicted molar refractivity (Wildman–Crippen MR) is 118 cm³/mol. The van der Waals surface area contributed by atoms with Gasteiger partial charge in [-0.05, 0) is 42.4 Å². The fourth-order valence-corrected chi connectivity index (χ4v) is 3.56. The van der Waals surface area contributed by atoms with Crippen LogP contribution in [-0.4, -0.2) is 32.6 Å². The predicted octanol–water partition coefficient (Wildman–Crippen LogP) is 3.93. The summed E-state index contributed by atoms with van der Waals surface area (Å²) < 4.78 is 0. The molecule has 0 unspecified atom stereocenters. The van der Waals surface area contributed by atoms with Gasteiger partial charge in [0, 0.05) is 38.9 Å². The Hall–Kier alpha value is -1.24. The molecule has 25 heavy (non-hydrogen) atoms. The van der Waals surface area contributed by atoms with E-state index in [0.717, 1.165) is 32.1 Å². The molecule has 2 N–H and O–H groups in total. The molecule has 1 aromatic rings. The number of nitrogens with one attached hydrogen (secondary N) is 2. The summed E-state index contributed by atoms with van der Waals surface area (Å²) in [5.74, 6) is 0.906. The number of aliphatic imine (C=N–C) groups is 1. The van der Waals surface area contributed by atoms with Crippen LogP contribution >= 0.6 is 24.0 Å². The van der Waals surface area contributed by atoms with Crippen LogP contribution in [0.25, 0.3) is 0 Å². The second-order valence-electron chi connectivity index (χ2n) is 7.03. The summed E-state index contributed by atoms with van der Waals surface area (Å²) in [5, 5.41) is 6.97. The first-order valence-electron chi connectivity index (χ1n) is 9.18. The number of anilines is 1. The van der Waals surface area contributed by atoms with Crippen molar-refractivity contribution in [2.45, 2.75) is 39.2 Å². The highest BCUT2D eigenvalue weighted by molar-refractivity contribution is 14.0. The smallest absolute Gasteiger partial charge is 0.191 e. The van der Waals surface area contributed by atoms with Crippen LogP contribution in [0.5, 0.6) is 0 Å². The lowest BCUT2D eigenvalue weighted by Crippen LogP contribution is -2.46. The third-order valence-corrected chi connectivity index (χ3v) is 5.57. The molecule has 0 amide bonds. The maximum absolute atomic E-state index is 4.37. The highest BCUT2D eigenvalue weighted by Crippen LogP contribution is 2.42. The Morgan fingerprint density at radius 1 is 1.20 bits per heavy atom. The van der Waals surface area contributed by atoms with Crippen LogP contribution in [0.1, 0.15) is 38.2 Å². The highest BCUT2D eigenvalue weighted by atomic mass is 127. The van der Waals surface area contributed by atoms with Gasteiger partial charge in [-0.25, -0.2) is 0 Å². The van der Waals surface area contributed by atoms with Crippen molar-refractivity contribution in [3.05, 3.63) is 42.0 Å². The summed E-state index contributed by atoms with van der Waals surface area (Å²) in [4.78, 5) is 6.75. The summed E-state index contributed by atoms with van der Waals surface area (Å²) in [6, 6.07) is 8.77. The van der Waals surface area contributed by atoms with Crippen molar-refractivity contribution in [3.8, 4) is 0 Å². The lowest BCUT2D eigenvalue weighted by Gasteiger charge is -2.41. The largest absolute Gasteiger partial charge is 0.364 e. The maximum atomic E-state index is 4.37. The van der Waals surface area contributed by atoms with E-state index in [-0.39, 0.29) is 24.0 Å². The van der Waals surface area contributed by atoms with Crippen molar-refractivity contribution < 1.29 is 0 Å². The number of hydrogen-bond acceptors (Lipinski definition) is 2. The second kappa shape index (κ2) is 9.46. The quantitative estimate of drug-likeness (QED) is 0.296. The molecule has 0 spiro atoms. The summed E-state index contributed by atoms with van der Waals surface area (Å²) in [7, 11) is 1.85. The molecule has 1 aliphatic heterocycles. The first kappa shape index (κ1) is 20.1. The van der Waals surface area contributed by atoms with Crippen molar-refractivity contribution in [2.24, 2.45) is 10.4 Å². The summed E-state index contributed by atoms with van der Waals surface area (Å²) in [5.41, 5.74) is 3.08. The normalized spacial score (nSPS) is 18.5. The SMILES string of the molecule is CCC1(CNC(=NC)NCc2cccc(N3CC=CC3)c2)CCC1.I. The topological polar surface area (TPSA) is 39.7 Å². The van der Waals surface area contributed by atoms with Crippen LogP contribution in [0.3, 0.4) is 0 Å². The Bertz CT molecular complexity index is 594. The average molecular weight is 454 g/mol. The van der Waals surface area contributed by atoms with Gasteiger partial charge in [-0.1, -0.05) is 37.6 Å². The Morgan fingerprint density at radius 3 is 2.56 bits per heavy atom. The molecule has 0 saturated heterocycles. The Morgan fingerprint density at radius 2 is 1.96 bits per heavy atom. The molecule has 1 heterocycles. The van der Waals surface area contributed by atoms with E-state index in [1.54, 1.807) is 0 Å². The zero-order chi connectivity index (χ0) is 16.8. The van der Waals surface area contributed by atoms with Crippen molar-refractivity contribution in [1.29, 1.82) is 0 Å². The zero-order valence-corrected chi connectivity index (χ0v) is 17.8. The summed E-state index contributed by atoms with van der Waals surface area (Å²) in [6.45, 7) is 6.16. The minimum absolute atomic E-state index is 0. The molecular formula is C20H31IN4. The molecule has 1 aliphatic carbocycles. The van der Waals surface area contributed by atoms with Gasteiger partial charge in [-0.2, -0.15) is 0 Å². The van der Waals surface area contributed by atoms with E-state index in [0.29, 0.717) is 5.41 Å². The molecule has 2 aliphatic rings. The first-order valence-corrected chi connectivity index (χ1v) is 9.18. The zero-order valence-electron chi connectivity index (χ0n) is 15.4. The standard InChI is InChI=1S/C20H30N4.HI/c1-3-20(10-7-11-20)16-23-19(21-2)22-15-17-8-6-9-18(14-17)24-12-4-5-13-24;/h4-6,8-9,14H,3,7,10-13,15-16H2,1-2H3,(H2,21,22,23);1H. The fraction of sp³-hybridized carbons (Fsp3) is 0.550. The van der Waals surface area contributed by atoms with E-state index in [1.165, 1.54) is 36.9 Å². The molecule has 1 aromatic carbocycles. The highest BCUT2D eigenvalue weighted by Gasteiger charge is 2.34. The van der Waals surface area contributed by atoms with Crippen molar-refractivity contribution >= 4 is 35.6 Å². The average Bonchev–Trinajstić information content (AvgIpc) is 3.12. The number of halogens is 1. The molecule has 0 atom stereocenters. The lowest BCUT2D eigenvalue weighted by molar-refractivity contribution is 0.131. The monoisotopic (exact) mass is 454 g/mol. The van der Waals surface area contributed by atoms with Crippen LogP contribution in [0.4, 0.5) is 5.69 Å². The van der Waals surface area contributed by atoms with E-state index in [9.17, 15) is 0 Å². The van der Waals surface area contributed by atoms with E-state index in [2.05, 4.69) is 63.9 Å². The lowest BCUT2D eigenvalue weighted by atomic mass is 9.67. The molecule has 138 valence electrons. The number of benzene rings is 1. The maximum Gasteiger partial charge on any atom is 0.191 e. The van der Waals surface area contributed by atoms with E-state index in [1.807, 2.05) is 7.05 Å². The molecule has 0 aromatic heterocycles. The van der Waals surface area contributed by atoms with Crippen LogP contribution < -0.4 is 15.5 Å². The molecule has 0 radical (unpaired) electrons. The third-order valence-electron chi connectivity index (χ3n) is 5.57. The number of rotatable bonds is 6. The summed E-state index contributed by atoms with van der Waals surface area (Å²) in [6.07, 6.45) is 9.77. The van der Waals surface area contributed by atoms with Crippen molar-refractivity contribution in [2.75, 3.05) is 31.6 Å².